The van der Waals surface area contributed by atoms with E-state index in [1.54, 1.807) is 0 Å². The van der Waals surface area contributed by atoms with Crippen molar-refractivity contribution in [2.45, 2.75) is 58.5 Å². The zero-order chi connectivity index (χ0) is 11.4. The quantitative estimate of drug-likeness (QED) is 0.868. The summed E-state index contributed by atoms with van der Waals surface area (Å²) in [6.45, 7) is 5.39. The van der Waals surface area contributed by atoms with E-state index in [1.165, 1.54) is 42.0 Å². The van der Waals surface area contributed by atoms with Crippen molar-refractivity contribution in [1.82, 2.24) is 10.3 Å². The van der Waals surface area contributed by atoms with Gasteiger partial charge in [0.05, 0.1) is 0 Å². The lowest BCUT2D eigenvalue weighted by atomic mass is 9.84. The molecule has 0 unspecified atom stereocenters. The van der Waals surface area contributed by atoms with Crippen molar-refractivity contribution in [1.29, 1.82) is 0 Å². The molecule has 2 nitrogen and oxygen atoms in total. The molecular formula is C13H22N2S. The Bertz CT molecular complexity index is 313. The van der Waals surface area contributed by atoms with Crippen LogP contribution >= 0.6 is 11.3 Å². The SMILES string of the molecule is CCC1CCC(NCc2ncc(C)s2)CC1. The summed E-state index contributed by atoms with van der Waals surface area (Å²) in [5.41, 5.74) is 0. The minimum absolute atomic E-state index is 0.729. The van der Waals surface area contributed by atoms with Gasteiger partial charge in [0.25, 0.3) is 0 Å². The molecule has 1 saturated carbocycles. The van der Waals surface area contributed by atoms with Crippen LogP contribution < -0.4 is 5.32 Å². The van der Waals surface area contributed by atoms with Crippen LogP contribution in [-0.4, -0.2) is 11.0 Å². The minimum atomic E-state index is 0.729. The van der Waals surface area contributed by atoms with Gasteiger partial charge in [0.1, 0.15) is 5.01 Å². The lowest BCUT2D eigenvalue weighted by Gasteiger charge is -2.28. The lowest BCUT2D eigenvalue weighted by Crippen LogP contribution is -2.32. The molecule has 0 aliphatic heterocycles. The van der Waals surface area contributed by atoms with Gasteiger partial charge in [-0.3, -0.25) is 0 Å². The number of rotatable bonds is 4. The maximum atomic E-state index is 4.39. The first kappa shape index (κ1) is 12.1. The Morgan fingerprint density at radius 2 is 2.12 bits per heavy atom. The Kier molecular flexibility index (Phi) is 4.36. The largest absolute Gasteiger partial charge is 0.308 e. The van der Waals surface area contributed by atoms with Gasteiger partial charge in [-0.05, 0) is 38.5 Å². The molecule has 1 aromatic heterocycles. The highest BCUT2D eigenvalue weighted by Crippen LogP contribution is 2.26. The van der Waals surface area contributed by atoms with E-state index in [0.29, 0.717) is 0 Å². The van der Waals surface area contributed by atoms with Crippen molar-refractivity contribution < 1.29 is 0 Å². The summed E-state index contributed by atoms with van der Waals surface area (Å²) in [4.78, 5) is 5.70. The predicted octanol–water partition coefficient (Wildman–Crippen LogP) is 3.51. The summed E-state index contributed by atoms with van der Waals surface area (Å²) in [6, 6.07) is 0.729. The van der Waals surface area contributed by atoms with E-state index in [2.05, 4.69) is 24.1 Å². The van der Waals surface area contributed by atoms with Crippen molar-refractivity contribution in [3.05, 3.63) is 16.1 Å². The molecule has 0 atom stereocenters. The molecule has 1 N–H and O–H groups in total. The van der Waals surface area contributed by atoms with Crippen LogP contribution in [0.15, 0.2) is 6.20 Å². The van der Waals surface area contributed by atoms with Crippen LogP contribution in [0, 0.1) is 12.8 Å². The summed E-state index contributed by atoms with van der Waals surface area (Å²) >= 11 is 1.81. The highest BCUT2D eigenvalue weighted by atomic mass is 32.1. The first-order valence-corrected chi connectivity index (χ1v) is 7.24. The number of aryl methyl sites for hydroxylation is 1. The maximum absolute atomic E-state index is 4.39. The first-order valence-electron chi connectivity index (χ1n) is 6.42. The normalized spacial score (nSPS) is 25.9. The molecule has 16 heavy (non-hydrogen) atoms. The number of hydrogen-bond acceptors (Lipinski definition) is 3. The first-order chi connectivity index (χ1) is 7.78. The Labute approximate surface area is 102 Å². The number of aromatic nitrogens is 1. The molecule has 0 spiro atoms. The zero-order valence-electron chi connectivity index (χ0n) is 10.3. The van der Waals surface area contributed by atoms with Crippen molar-refractivity contribution in [2.24, 2.45) is 5.92 Å². The van der Waals surface area contributed by atoms with Crippen molar-refractivity contribution in [3.8, 4) is 0 Å². The molecule has 1 heterocycles. The second kappa shape index (κ2) is 5.78. The highest BCUT2D eigenvalue weighted by Gasteiger charge is 2.19. The van der Waals surface area contributed by atoms with Crippen LogP contribution in [0.2, 0.25) is 0 Å². The van der Waals surface area contributed by atoms with Gasteiger partial charge < -0.3 is 5.32 Å². The molecule has 3 heteroatoms. The van der Waals surface area contributed by atoms with Gasteiger partial charge >= 0.3 is 0 Å². The molecule has 1 aromatic rings. The molecule has 90 valence electrons. The Balaban J connectivity index is 1.71. The van der Waals surface area contributed by atoms with Crippen molar-refractivity contribution in [2.75, 3.05) is 0 Å². The molecule has 0 bridgehead atoms. The Morgan fingerprint density at radius 1 is 1.38 bits per heavy atom. The lowest BCUT2D eigenvalue weighted by molar-refractivity contribution is 0.285. The van der Waals surface area contributed by atoms with Gasteiger partial charge in [0.2, 0.25) is 0 Å². The molecule has 2 rings (SSSR count). The fourth-order valence-electron chi connectivity index (χ4n) is 2.49. The van der Waals surface area contributed by atoms with E-state index in [4.69, 9.17) is 0 Å². The van der Waals surface area contributed by atoms with Gasteiger partial charge in [0, 0.05) is 23.7 Å². The molecule has 0 radical (unpaired) electrons. The molecule has 1 fully saturated rings. The number of nitrogens with one attached hydrogen (secondary N) is 1. The third-order valence-corrected chi connectivity index (χ3v) is 4.55. The number of nitrogens with zero attached hydrogens (tertiary/aromatic N) is 1. The summed E-state index contributed by atoms with van der Waals surface area (Å²) in [6.07, 6.45) is 8.84. The Hall–Kier alpha value is -0.410. The Morgan fingerprint density at radius 3 is 2.69 bits per heavy atom. The second-order valence-corrected chi connectivity index (χ2v) is 6.19. The third-order valence-electron chi connectivity index (χ3n) is 3.64. The van der Waals surface area contributed by atoms with Crippen LogP contribution in [0.5, 0.6) is 0 Å². The van der Waals surface area contributed by atoms with E-state index in [9.17, 15) is 0 Å². The maximum Gasteiger partial charge on any atom is 0.107 e. The summed E-state index contributed by atoms with van der Waals surface area (Å²) < 4.78 is 0. The van der Waals surface area contributed by atoms with Gasteiger partial charge in [-0.1, -0.05) is 13.3 Å². The van der Waals surface area contributed by atoms with E-state index in [-0.39, 0.29) is 0 Å². The zero-order valence-corrected chi connectivity index (χ0v) is 11.1. The highest BCUT2D eigenvalue weighted by molar-refractivity contribution is 7.11. The third kappa shape index (κ3) is 3.29. The van der Waals surface area contributed by atoms with Gasteiger partial charge in [-0.15, -0.1) is 11.3 Å². The summed E-state index contributed by atoms with van der Waals surface area (Å²) in [5.74, 6) is 0.986. The minimum Gasteiger partial charge on any atom is -0.308 e. The standard InChI is InChI=1S/C13H22N2S/c1-3-11-4-6-12(7-5-11)14-9-13-15-8-10(2)16-13/h8,11-12,14H,3-7,9H2,1-2H3. The van der Waals surface area contributed by atoms with Crippen LogP contribution in [0.1, 0.15) is 48.9 Å². The molecule has 1 aliphatic carbocycles. The number of thiazole rings is 1. The molecule has 1 aliphatic rings. The van der Waals surface area contributed by atoms with Gasteiger partial charge in [-0.2, -0.15) is 0 Å². The fraction of sp³-hybridized carbons (Fsp3) is 0.769. The van der Waals surface area contributed by atoms with E-state index < -0.39 is 0 Å². The topological polar surface area (TPSA) is 24.9 Å². The molecule has 0 aromatic carbocycles. The molecule has 0 amide bonds. The van der Waals surface area contributed by atoms with Crippen LogP contribution in [0.3, 0.4) is 0 Å². The molecule has 0 saturated heterocycles. The van der Waals surface area contributed by atoms with E-state index in [0.717, 1.165) is 18.5 Å². The fourth-order valence-corrected chi connectivity index (χ4v) is 3.23. The summed E-state index contributed by atoms with van der Waals surface area (Å²) in [5, 5.41) is 4.88. The monoisotopic (exact) mass is 238 g/mol. The van der Waals surface area contributed by atoms with Gasteiger partial charge in [0.15, 0.2) is 0 Å². The van der Waals surface area contributed by atoms with E-state index >= 15 is 0 Å². The van der Waals surface area contributed by atoms with E-state index in [1.807, 2.05) is 17.5 Å². The van der Waals surface area contributed by atoms with Crippen LogP contribution in [0.4, 0.5) is 0 Å². The average Bonchev–Trinajstić information content (AvgIpc) is 2.73. The van der Waals surface area contributed by atoms with Gasteiger partial charge in [-0.25, -0.2) is 4.98 Å². The second-order valence-electron chi connectivity index (χ2n) is 4.87. The van der Waals surface area contributed by atoms with Crippen LogP contribution in [-0.2, 0) is 6.54 Å². The predicted molar refractivity (Wildman–Crippen MR) is 69.7 cm³/mol. The smallest absolute Gasteiger partial charge is 0.107 e. The molecular weight excluding hydrogens is 216 g/mol. The number of hydrogen-bond donors (Lipinski definition) is 1. The van der Waals surface area contributed by atoms with Crippen molar-refractivity contribution in [3.63, 3.8) is 0 Å². The van der Waals surface area contributed by atoms with Crippen molar-refractivity contribution >= 4 is 11.3 Å². The summed E-state index contributed by atoms with van der Waals surface area (Å²) in [7, 11) is 0. The average molecular weight is 238 g/mol. The van der Waals surface area contributed by atoms with Crippen LogP contribution in [0.25, 0.3) is 0 Å².